The molecule has 2 aliphatic rings. The Morgan fingerprint density at radius 3 is 2.86 bits per heavy atom. The molecule has 0 saturated heterocycles. The first kappa shape index (κ1) is 19.2. The molecule has 5 heteroatoms. The molecule has 29 heavy (non-hydrogen) atoms. The Bertz CT molecular complexity index is 966. The molecule has 1 amide bonds. The summed E-state index contributed by atoms with van der Waals surface area (Å²) in [5.41, 5.74) is 5.90. The Morgan fingerprint density at radius 1 is 1.21 bits per heavy atom. The van der Waals surface area contributed by atoms with Crippen molar-refractivity contribution in [2.45, 2.75) is 38.1 Å². The van der Waals surface area contributed by atoms with E-state index in [2.05, 4.69) is 66.1 Å². The van der Waals surface area contributed by atoms with Crippen molar-refractivity contribution < 1.29 is 14.7 Å². The molecule has 150 valence electrons. The number of hydrogen-bond donors (Lipinski definition) is 3. The maximum absolute atomic E-state index is 12.1. The Hall–Kier alpha value is -3.08. The number of allylic oxidation sites excluding steroid dienone is 2. The van der Waals surface area contributed by atoms with E-state index in [-0.39, 0.29) is 31.3 Å². The van der Waals surface area contributed by atoms with Crippen LogP contribution in [-0.2, 0) is 16.0 Å². The quantitative estimate of drug-likeness (QED) is 0.653. The van der Waals surface area contributed by atoms with Crippen molar-refractivity contribution in [1.82, 2.24) is 5.32 Å². The van der Waals surface area contributed by atoms with Gasteiger partial charge in [0, 0.05) is 18.2 Å². The Labute approximate surface area is 170 Å². The zero-order valence-electron chi connectivity index (χ0n) is 16.5. The van der Waals surface area contributed by atoms with Gasteiger partial charge in [-0.25, -0.2) is 0 Å². The molecule has 2 aromatic carbocycles. The Morgan fingerprint density at radius 2 is 2.07 bits per heavy atom. The second-order valence-electron chi connectivity index (χ2n) is 7.98. The molecule has 0 radical (unpaired) electrons. The van der Waals surface area contributed by atoms with Crippen molar-refractivity contribution in [1.29, 1.82) is 0 Å². The number of anilines is 1. The van der Waals surface area contributed by atoms with E-state index in [1.807, 2.05) is 6.07 Å². The van der Waals surface area contributed by atoms with Gasteiger partial charge in [0.15, 0.2) is 0 Å². The molecule has 0 fully saturated rings. The molecule has 1 heterocycles. The van der Waals surface area contributed by atoms with Gasteiger partial charge in [-0.3, -0.25) is 9.59 Å². The predicted molar refractivity (Wildman–Crippen MR) is 113 cm³/mol. The summed E-state index contributed by atoms with van der Waals surface area (Å²) in [6.07, 6.45) is 5.80. The number of nitrogens with one attached hydrogen (secondary N) is 2. The molecule has 3 N–H and O–H groups in total. The van der Waals surface area contributed by atoms with E-state index in [1.165, 1.54) is 16.7 Å². The number of aryl methyl sites for hydroxylation is 1. The highest BCUT2D eigenvalue weighted by Gasteiger charge is 2.37. The third-order valence-corrected chi connectivity index (χ3v) is 5.85. The summed E-state index contributed by atoms with van der Waals surface area (Å²) in [5, 5.41) is 15.1. The smallest absolute Gasteiger partial charge is 0.305 e. The van der Waals surface area contributed by atoms with E-state index < -0.39 is 5.97 Å². The van der Waals surface area contributed by atoms with Crippen LogP contribution in [0.1, 0.15) is 47.1 Å². The van der Waals surface area contributed by atoms with Gasteiger partial charge in [-0.2, -0.15) is 0 Å². The minimum Gasteiger partial charge on any atom is -0.481 e. The van der Waals surface area contributed by atoms with Crippen LogP contribution in [-0.4, -0.2) is 23.5 Å². The van der Waals surface area contributed by atoms with Crippen LogP contribution in [0.5, 0.6) is 0 Å². The molecule has 5 nitrogen and oxygen atoms in total. The molecule has 0 bridgehead atoms. The standard InChI is InChI=1S/C24H26N2O3/c1-15-4-2-5-17(12-15)24-19-7-3-6-18(19)20-13-16(8-9-21(20)26-24)14-22(27)25-11-10-23(28)29/h2-6,8-9,12-13,18-19,24,26H,7,10-11,14H2,1H3,(H,25,27)(H,28,29). The molecule has 0 aromatic heterocycles. The molecule has 1 aliphatic heterocycles. The van der Waals surface area contributed by atoms with Crippen LogP contribution in [0, 0.1) is 12.8 Å². The fourth-order valence-corrected chi connectivity index (χ4v) is 4.50. The van der Waals surface area contributed by atoms with Gasteiger partial charge in [-0.05, 0) is 42.0 Å². The van der Waals surface area contributed by atoms with Crippen LogP contribution in [0.25, 0.3) is 0 Å². The molecular formula is C24H26N2O3. The van der Waals surface area contributed by atoms with Gasteiger partial charge in [0.05, 0.1) is 18.9 Å². The van der Waals surface area contributed by atoms with Crippen molar-refractivity contribution in [3.63, 3.8) is 0 Å². The first-order valence-electron chi connectivity index (χ1n) is 10.1. The van der Waals surface area contributed by atoms with Gasteiger partial charge in [-0.1, -0.05) is 54.1 Å². The number of carboxylic acids is 1. The topological polar surface area (TPSA) is 78.4 Å². The van der Waals surface area contributed by atoms with Crippen LogP contribution in [0.3, 0.4) is 0 Å². The lowest BCUT2D eigenvalue weighted by atomic mass is 9.76. The van der Waals surface area contributed by atoms with Crippen molar-refractivity contribution >= 4 is 17.6 Å². The second kappa shape index (κ2) is 8.11. The number of rotatable bonds is 6. The lowest BCUT2D eigenvalue weighted by Gasteiger charge is -2.38. The number of benzene rings is 2. The fourth-order valence-electron chi connectivity index (χ4n) is 4.50. The average molecular weight is 390 g/mol. The van der Waals surface area contributed by atoms with Gasteiger partial charge >= 0.3 is 5.97 Å². The Kier molecular flexibility index (Phi) is 5.38. The fraction of sp³-hybridized carbons (Fsp3) is 0.333. The second-order valence-corrected chi connectivity index (χ2v) is 7.98. The highest BCUT2D eigenvalue weighted by atomic mass is 16.4. The molecule has 4 rings (SSSR count). The van der Waals surface area contributed by atoms with Crippen molar-refractivity contribution in [2.75, 3.05) is 11.9 Å². The number of amides is 1. The van der Waals surface area contributed by atoms with Crippen molar-refractivity contribution in [3.05, 3.63) is 76.9 Å². The third-order valence-electron chi connectivity index (χ3n) is 5.85. The lowest BCUT2D eigenvalue weighted by molar-refractivity contribution is -0.136. The number of carboxylic acid groups (broad SMARTS) is 1. The van der Waals surface area contributed by atoms with Gasteiger partial charge < -0.3 is 15.7 Å². The summed E-state index contributed by atoms with van der Waals surface area (Å²) < 4.78 is 0. The van der Waals surface area contributed by atoms with E-state index in [1.54, 1.807) is 0 Å². The van der Waals surface area contributed by atoms with E-state index in [9.17, 15) is 9.59 Å². The van der Waals surface area contributed by atoms with Crippen LogP contribution < -0.4 is 10.6 Å². The van der Waals surface area contributed by atoms with E-state index in [0.717, 1.165) is 17.7 Å². The third kappa shape index (κ3) is 4.19. The minimum atomic E-state index is -0.910. The molecule has 0 spiro atoms. The summed E-state index contributed by atoms with van der Waals surface area (Å²) in [6.45, 7) is 2.28. The largest absolute Gasteiger partial charge is 0.481 e. The number of aliphatic carboxylic acids is 1. The molecular weight excluding hydrogens is 364 g/mol. The zero-order chi connectivity index (χ0) is 20.4. The summed E-state index contributed by atoms with van der Waals surface area (Å²) >= 11 is 0. The predicted octanol–water partition coefficient (Wildman–Crippen LogP) is 3.95. The summed E-state index contributed by atoms with van der Waals surface area (Å²) in [5.74, 6) is -0.255. The molecule has 3 unspecified atom stereocenters. The SMILES string of the molecule is Cc1cccc(C2Nc3ccc(CC(=O)NCCC(=O)O)cc3C3C=CCC32)c1. The lowest BCUT2D eigenvalue weighted by Crippen LogP contribution is -2.30. The van der Waals surface area contributed by atoms with Gasteiger partial charge in [0.2, 0.25) is 5.91 Å². The first-order chi connectivity index (χ1) is 14.0. The maximum Gasteiger partial charge on any atom is 0.305 e. The zero-order valence-corrected chi connectivity index (χ0v) is 16.5. The number of carbonyl (C=O) groups is 2. The van der Waals surface area contributed by atoms with Crippen LogP contribution in [0.2, 0.25) is 0 Å². The minimum absolute atomic E-state index is 0.0608. The van der Waals surface area contributed by atoms with Crippen LogP contribution >= 0.6 is 0 Å². The van der Waals surface area contributed by atoms with Crippen molar-refractivity contribution in [3.8, 4) is 0 Å². The highest BCUT2D eigenvalue weighted by molar-refractivity contribution is 5.79. The summed E-state index contributed by atoms with van der Waals surface area (Å²) in [6, 6.07) is 15.1. The van der Waals surface area contributed by atoms with Gasteiger partial charge in [0.25, 0.3) is 0 Å². The van der Waals surface area contributed by atoms with Gasteiger partial charge in [0.1, 0.15) is 0 Å². The molecule has 0 saturated carbocycles. The normalized spacial score (nSPS) is 21.8. The average Bonchev–Trinajstić information content (AvgIpc) is 3.17. The van der Waals surface area contributed by atoms with Crippen LogP contribution in [0.4, 0.5) is 5.69 Å². The van der Waals surface area contributed by atoms with E-state index >= 15 is 0 Å². The molecule has 1 aliphatic carbocycles. The number of fused-ring (bicyclic) bond motifs is 3. The van der Waals surface area contributed by atoms with Gasteiger partial charge in [-0.15, -0.1) is 0 Å². The van der Waals surface area contributed by atoms with E-state index in [4.69, 9.17) is 5.11 Å². The molecule has 2 aromatic rings. The monoisotopic (exact) mass is 390 g/mol. The number of hydrogen-bond acceptors (Lipinski definition) is 3. The summed E-state index contributed by atoms with van der Waals surface area (Å²) in [7, 11) is 0. The maximum atomic E-state index is 12.1. The highest BCUT2D eigenvalue weighted by Crippen LogP contribution is 2.50. The first-order valence-corrected chi connectivity index (χ1v) is 10.1. The van der Waals surface area contributed by atoms with E-state index in [0.29, 0.717) is 11.8 Å². The Balaban J connectivity index is 1.53. The molecule has 3 atom stereocenters. The summed E-state index contributed by atoms with van der Waals surface area (Å²) in [4.78, 5) is 22.7. The van der Waals surface area contributed by atoms with Crippen LogP contribution in [0.15, 0.2) is 54.6 Å². The van der Waals surface area contributed by atoms with Crippen molar-refractivity contribution in [2.24, 2.45) is 5.92 Å². The number of carbonyl (C=O) groups excluding carboxylic acids is 1.